The standard InChI is InChI=1S/C38H71O8PSi2/c1-16-27(4)36(40)44-34-25-31(45-48(12,13)37(6,7)8)23-29-20-19-28(5)33(35(29)34)22-21-30(39)24-32(46-49(14,15)38(9,10)11)26-47(41,42-17-2)43-18-3/h19-20,23,27-28,31-35H,16-18,21-22,24-26H2,1-15H3/t27-,28-,31+,32-,33-,34-,35-/m0/s1. The average molecular weight is 743 g/mol. The summed E-state index contributed by atoms with van der Waals surface area (Å²) in [6.07, 6.45) is 8.15. The Balaban J connectivity index is 2.37. The summed E-state index contributed by atoms with van der Waals surface area (Å²) in [5.41, 5.74) is 1.14. The number of hydrogen-bond donors (Lipinski definition) is 0. The summed E-state index contributed by atoms with van der Waals surface area (Å²) >= 11 is 0. The zero-order valence-corrected chi connectivity index (χ0v) is 36.5. The Morgan fingerprint density at radius 3 is 2.04 bits per heavy atom. The fraction of sp³-hybridized carbons (Fsp3) is 0.842. The van der Waals surface area contributed by atoms with Crippen LogP contribution < -0.4 is 0 Å². The van der Waals surface area contributed by atoms with E-state index in [0.29, 0.717) is 25.7 Å². The zero-order chi connectivity index (χ0) is 37.6. The van der Waals surface area contributed by atoms with Crippen LogP contribution in [0.4, 0.5) is 0 Å². The molecule has 284 valence electrons. The number of hydrogen-bond acceptors (Lipinski definition) is 8. The third-order valence-electron chi connectivity index (χ3n) is 11.4. The first-order valence-corrected chi connectivity index (χ1v) is 26.3. The van der Waals surface area contributed by atoms with Gasteiger partial charge in [0.05, 0.1) is 37.5 Å². The lowest BCUT2D eigenvalue weighted by Crippen LogP contribution is -2.48. The summed E-state index contributed by atoms with van der Waals surface area (Å²) in [6.45, 7) is 32.2. The van der Waals surface area contributed by atoms with Gasteiger partial charge in [-0.25, -0.2) is 0 Å². The molecule has 0 amide bonds. The van der Waals surface area contributed by atoms with Crippen molar-refractivity contribution in [1.29, 1.82) is 0 Å². The molecule has 0 saturated heterocycles. The van der Waals surface area contributed by atoms with Crippen molar-refractivity contribution in [2.75, 3.05) is 19.4 Å². The Bertz CT molecular complexity index is 1200. The van der Waals surface area contributed by atoms with Gasteiger partial charge in [-0.2, -0.15) is 0 Å². The van der Waals surface area contributed by atoms with Gasteiger partial charge >= 0.3 is 13.6 Å². The summed E-state index contributed by atoms with van der Waals surface area (Å²) < 4.78 is 44.8. The number of ketones is 1. The number of ether oxygens (including phenoxy) is 1. The van der Waals surface area contributed by atoms with Crippen LogP contribution in [0.3, 0.4) is 0 Å². The highest BCUT2D eigenvalue weighted by Crippen LogP contribution is 2.51. The smallest absolute Gasteiger partial charge is 0.333 e. The topological polar surface area (TPSA) is 97.4 Å². The SMILES string of the molecule is CCOP(=O)(C[C@H](CC(=O)CC[C@@H]1[C@@H]2C(=C[C@@H](O[Si](C)(C)C(C)(C)C)C[C@@H]2OC(=O)[C@@H](C)CC)C=C[C@@H]1C)O[Si](C)(C)C(C)(C)C)OCC. The van der Waals surface area contributed by atoms with E-state index in [-0.39, 0.29) is 83.5 Å². The highest BCUT2D eigenvalue weighted by Gasteiger charge is 2.46. The van der Waals surface area contributed by atoms with E-state index in [4.69, 9.17) is 22.6 Å². The van der Waals surface area contributed by atoms with Crippen molar-refractivity contribution in [3.05, 3.63) is 23.8 Å². The van der Waals surface area contributed by atoms with E-state index in [1.165, 1.54) is 0 Å². The van der Waals surface area contributed by atoms with Gasteiger partial charge in [0.1, 0.15) is 11.9 Å². The summed E-state index contributed by atoms with van der Waals surface area (Å²) in [5, 5.41) is -0.0345. The Kier molecular flexibility index (Phi) is 16.1. The molecule has 0 fully saturated rings. The third kappa shape index (κ3) is 12.4. The van der Waals surface area contributed by atoms with Gasteiger partial charge in [-0.15, -0.1) is 0 Å². The first-order chi connectivity index (χ1) is 22.4. The molecule has 11 heteroatoms. The molecule has 0 aromatic carbocycles. The van der Waals surface area contributed by atoms with Crippen molar-refractivity contribution in [3.63, 3.8) is 0 Å². The first kappa shape index (κ1) is 44.3. The number of Topliss-reactive ketones (excluding diaryl/α,β-unsaturated/α-hetero) is 1. The Morgan fingerprint density at radius 2 is 1.53 bits per heavy atom. The molecule has 2 rings (SSSR count). The largest absolute Gasteiger partial charge is 0.461 e. The summed E-state index contributed by atoms with van der Waals surface area (Å²) in [7, 11) is -7.82. The highest BCUT2D eigenvalue weighted by molar-refractivity contribution is 7.53. The Morgan fingerprint density at radius 1 is 0.959 bits per heavy atom. The number of esters is 1. The van der Waals surface area contributed by atoms with Gasteiger partial charge in [0.15, 0.2) is 16.6 Å². The van der Waals surface area contributed by atoms with Crippen molar-refractivity contribution in [2.45, 2.75) is 163 Å². The van der Waals surface area contributed by atoms with Gasteiger partial charge in [-0.1, -0.05) is 80.5 Å². The second-order valence-corrected chi connectivity index (χ2v) is 29.0. The van der Waals surface area contributed by atoms with Crippen LogP contribution in [0.5, 0.6) is 0 Å². The van der Waals surface area contributed by atoms with Crippen LogP contribution in [0.25, 0.3) is 0 Å². The van der Waals surface area contributed by atoms with Crippen molar-refractivity contribution >= 4 is 36.0 Å². The van der Waals surface area contributed by atoms with Crippen LogP contribution in [-0.2, 0) is 36.8 Å². The van der Waals surface area contributed by atoms with E-state index in [0.717, 1.165) is 5.57 Å². The van der Waals surface area contributed by atoms with Crippen molar-refractivity contribution in [3.8, 4) is 0 Å². The molecule has 0 bridgehead atoms. The quantitative estimate of drug-likeness (QED) is 0.0778. The average Bonchev–Trinajstić information content (AvgIpc) is 2.94. The lowest BCUT2D eigenvalue weighted by atomic mass is 9.66. The van der Waals surface area contributed by atoms with Gasteiger partial charge < -0.3 is 22.6 Å². The third-order valence-corrected chi connectivity index (χ3v) is 22.6. The van der Waals surface area contributed by atoms with Crippen LogP contribution >= 0.6 is 7.60 Å². The van der Waals surface area contributed by atoms with Gasteiger partial charge in [-0.3, -0.25) is 14.2 Å². The van der Waals surface area contributed by atoms with Crippen molar-refractivity contribution in [1.82, 2.24) is 0 Å². The minimum Gasteiger partial charge on any atom is -0.461 e. The molecule has 0 heterocycles. The number of fused-ring (bicyclic) bond motifs is 1. The van der Waals surface area contributed by atoms with Gasteiger partial charge in [-0.05, 0) is 80.4 Å². The maximum atomic E-state index is 13.8. The molecular weight excluding hydrogens is 672 g/mol. The van der Waals surface area contributed by atoms with Crippen LogP contribution in [0, 0.1) is 23.7 Å². The predicted molar refractivity (Wildman–Crippen MR) is 206 cm³/mol. The van der Waals surface area contributed by atoms with Crippen LogP contribution in [0.2, 0.25) is 36.3 Å². The molecule has 7 atom stereocenters. The second kappa shape index (κ2) is 17.8. The van der Waals surface area contributed by atoms with E-state index in [1.807, 2.05) is 13.8 Å². The normalized spacial score (nSPS) is 25.0. The lowest BCUT2D eigenvalue weighted by molar-refractivity contribution is -0.159. The molecule has 49 heavy (non-hydrogen) atoms. The molecule has 0 spiro atoms. The molecule has 8 nitrogen and oxygen atoms in total. The molecular formula is C38H71O8PSi2. The molecule has 0 saturated carbocycles. The Labute approximate surface area is 301 Å². The van der Waals surface area contributed by atoms with Crippen LogP contribution in [0.15, 0.2) is 23.8 Å². The fourth-order valence-electron chi connectivity index (χ4n) is 6.25. The molecule has 0 radical (unpaired) electrons. The van der Waals surface area contributed by atoms with Crippen molar-refractivity contribution < 1.29 is 36.8 Å². The second-order valence-electron chi connectivity index (χ2n) is 17.4. The van der Waals surface area contributed by atoms with E-state index >= 15 is 0 Å². The Hall–Kier alpha value is -0.876. The molecule has 0 N–H and O–H groups in total. The number of carbonyl (C=O) groups is 2. The van der Waals surface area contributed by atoms with E-state index < -0.39 is 30.3 Å². The molecule has 0 aliphatic heterocycles. The van der Waals surface area contributed by atoms with E-state index in [9.17, 15) is 14.2 Å². The number of allylic oxidation sites excluding steroid dienone is 2. The molecule has 0 unspecified atom stereocenters. The van der Waals surface area contributed by atoms with Crippen LogP contribution in [0.1, 0.15) is 108 Å². The number of carbonyl (C=O) groups excluding carboxylic acids is 2. The highest BCUT2D eigenvalue weighted by atomic mass is 31.2. The van der Waals surface area contributed by atoms with Gasteiger partial charge in [0, 0.05) is 25.2 Å². The van der Waals surface area contributed by atoms with Gasteiger partial charge in [0.25, 0.3) is 0 Å². The maximum Gasteiger partial charge on any atom is 0.333 e. The van der Waals surface area contributed by atoms with Crippen LogP contribution in [-0.4, -0.2) is 66.1 Å². The number of rotatable bonds is 18. The first-order valence-electron chi connectivity index (χ1n) is 18.8. The summed E-state index contributed by atoms with van der Waals surface area (Å²) in [5.74, 6) is 0.00646. The monoisotopic (exact) mass is 742 g/mol. The zero-order valence-electron chi connectivity index (χ0n) is 33.6. The van der Waals surface area contributed by atoms with Gasteiger partial charge in [0.2, 0.25) is 0 Å². The molecule has 0 aromatic rings. The minimum atomic E-state index is -3.44. The minimum absolute atomic E-state index is 0.0181. The van der Waals surface area contributed by atoms with Crippen molar-refractivity contribution in [2.24, 2.45) is 23.7 Å². The fourth-order valence-corrected chi connectivity index (χ4v) is 10.8. The van der Waals surface area contributed by atoms with E-state index in [2.05, 4.69) is 92.9 Å². The summed E-state index contributed by atoms with van der Waals surface area (Å²) in [6, 6.07) is 0. The predicted octanol–water partition coefficient (Wildman–Crippen LogP) is 10.5. The summed E-state index contributed by atoms with van der Waals surface area (Å²) in [4.78, 5) is 27.1. The lowest BCUT2D eigenvalue weighted by Gasteiger charge is -2.46. The maximum absolute atomic E-state index is 13.8. The molecule has 0 aromatic heterocycles. The molecule has 2 aliphatic rings. The van der Waals surface area contributed by atoms with E-state index in [1.54, 1.807) is 13.8 Å². The molecule has 2 aliphatic carbocycles.